The second kappa shape index (κ2) is 35.3. The van der Waals surface area contributed by atoms with E-state index in [-0.39, 0.29) is 37.7 Å². The van der Waals surface area contributed by atoms with Crippen LogP contribution in [0.25, 0.3) is 0 Å². The van der Waals surface area contributed by atoms with Crippen LogP contribution in [-0.4, -0.2) is 148 Å². The topological polar surface area (TPSA) is 216 Å². The van der Waals surface area contributed by atoms with Crippen LogP contribution in [0.5, 0.6) is 11.5 Å². The fraction of sp³-hybridized carbons (Fsp3) is 0.524. The molecule has 0 saturated carbocycles. The number of nitrogens with zero attached hydrogens (tertiary/aromatic N) is 3. The third kappa shape index (κ3) is 25.5. The highest BCUT2D eigenvalue weighted by Crippen LogP contribution is 2.26. The zero-order valence-corrected chi connectivity index (χ0v) is 49.8. The molecule has 17 nitrogen and oxygen atoms in total. The van der Waals surface area contributed by atoms with Crippen LogP contribution >= 0.6 is 0 Å². The normalized spacial score (nSPS) is 16.8. The first kappa shape index (κ1) is 70.3. The number of aldehydes is 1. The molecule has 2 saturated heterocycles. The van der Waals surface area contributed by atoms with Gasteiger partial charge in [-0.3, -0.25) is 28.9 Å². The van der Waals surface area contributed by atoms with Crippen LogP contribution < -0.4 is 25.4 Å². The molecular formula is C63H85F5N6O11. The largest absolute Gasteiger partial charge is 0.493 e. The lowest BCUT2D eigenvalue weighted by Gasteiger charge is -2.44. The molecule has 6 atom stereocenters. The van der Waals surface area contributed by atoms with E-state index < -0.39 is 84.0 Å². The fourth-order valence-electron chi connectivity index (χ4n) is 9.67. The van der Waals surface area contributed by atoms with Gasteiger partial charge >= 0.3 is 12.3 Å². The first-order chi connectivity index (χ1) is 40.3. The Morgan fingerprint density at radius 1 is 0.647 bits per heavy atom. The van der Waals surface area contributed by atoms with Gasteiger partial charge in [0.1, 0.15) is 46.9 Å². The molecule has 0 aromatic heterocycles. The molecule has 6 rings (SSSR count). The van der Waals surface area contributed by atoms with Gasteiger partial charge in [-0.15, -0.1) is 0 Å². The number of hydrogen-bond donors (Lipinski definition) is 5. The first-order valence-electron chi connectivity index (χ1n) is 29.0. The molecule has 2 heterocycles. The van der Waals surface area contributed by atoms with Crippen molar-refractivity contribution in [1.29, 1.82) is 0 Å². The molecule has 2 aliphatic heterocycles. The lowest BCUT2D eigenvalue weighted by atomic mass is 9.93. The van der Waals surface area contributed by atoms with Crippen LogP contribution in [-0.2, 0) is 54.6 Å². The van der Waals surface area contributed by atoms with Crippen molar-refractivity contribution in [3.8, 4) is 11.5 Å². The lowest BCUT2D eigenvalue weighted by molar-refractivity contribution is -0.156. The lowest BCUT2D eigenvalue weighted by Crippen LogP contribution is -2.66. The maximum absolute atomic E-state index is 14.6. The van der Waals surface area contributed by atoms with Crippen molar-refractivity contribution >= 4 is 36.0 Å². The number of benzene rings is 4. The Hall–Kier alpha value is -7.17. The average molecular weight is 1200 g/mol. The summed E-state index contributed by atoms with van der Waals surface area (Å²) < 4.78 is 77.3. The predicted molar refractivity (Wildman–Crippen MR) is 311 cm³/mol. The number of amides is 5. The summed E-state index contributed by atoms with van der Waals surface area (Å²) in [5.74, 6) is -1.70. The molecule has 2 aliphatic rings. The third-order valence-electron chi connectivity index (χ3n) is 13.6. The second-order valence-corrected chi connectivity index (χ2v) is 22.1. The number of alkyl halides is 3. The zero-order valence-electron chi connectivity index (χ0n) is 49.8. The van der Waals surface area contributed by atoms with Gasteiger partial charge in [0.05, 0.1) is 31.4 Å². The van der Waals surface area contributed by atoms with Crippen molar-refractivity contribution in [2.45, 2.75) is 174 Å². The van der Waals surface area contributed by atoms with E-state index in [1.54, 1.807) is 42.7 Å². The Morgan fingerprint density at radius 2 is 1.09 bits per heavy atom. The van der Waals surface area contributed by atoms with Gasteiger partial charge in [0.25, 0.3) is 0 Å². The summed E-state index contributed by atoms with van der Waals surface area (Å²) in [6.45, 7) is 15.1. The maximum atomic E-state index is 14.6. The van der Waals surface area contributed by atoms with Crippen molar-refractivity contribution in [1.82, 2.24) is 30.7 Å². The van der Waals surface area contributed by atoms with E-state index in [0.29, 0.717) is 62.0 Å². The van der Waals surface area contributed by atoms with E-state index in [4.69, 9.17) is 19.0 Å². The van der Waals surface area contributed by atoms with Crippen LogP contribution in [0.1, 0.15) is 122 Å². The van der Waals surface area contributed by atoms with Crippen LogP contribution in [0.2, 0.25) is 0 Å². The minimum absolute atomic E-state index is 0.00464. The Labute approximate surface area is 495 Å². The molecular weight excluding hydrogens is 1110 g/mol. The van der Waals surface area contributed by atoms with E-state index in [1.165, 1.54) is 43.0 Å². The number of rotatable bonds is 26. The van der Waals surface area contributed by atoms with Crippen molar-refractivity contribution in [3.05, 3.63) is 131 Å². The van der Waals surface area contributed by atoms with E-state index in [2.05, 4.69) is 29.8 Å². The molecule has 2 fully saturated rings. The molecule has 0 unspecified atom stereocenters. The van der Waals surface area contributed by atoms with Gasteiger partial charge in [-0.05, 0) is 93.0 Å². The molecule has 0 radical (unpaired) electrons. The summed E-state index contributed by atoms with van der Waals surface area (Å²) in [5, 5.41) is 31.5. The van der Waals surface area contributed by atoms with Crippen LogP contribution in [0, 0.1) is 11.6 Å². The summed E-state index contributed by atoms with van der Waals surface area (Å²) in [6.07, 6.45) is -0.784. The molecule has 85 heavy (non-hydrogen) atoms. The van der Waals surface area contributed by atoms with Crippen molar-refractivity contribution in [2.75, 3.05) is 39.4 Å². The van der Waals surface area contributed by atoms with Crippen molar-refractivity contribution in [3.63, 3.8) is 0 Å². The van der Waals surface area contributed by atoms with Crippen molar-refractivity contribution in [2.24, 2.45) is 0 Å². The quantitative estimate of drug-likeness (QED) is 0.0227. The number of aliphatic hydroxyl groups is 2. The molecule has 5 N–H and O–H groups in total. The molecule has 5 amide bonds. The number of carbonyl (C=O) groups is 6. The van der Waals surface area contributed by atoms with Crippen LogP contribution in [0.3, 0.4) is 0 Å². The Bertz CT molecular complexity index is 2720. The highest BCUT2D eigenvalue weighted by atomic mass is 19.4. The smallest absolute Gasteiger partial charge is 0.446 e. The number of halogens is 5. The van der Waals surface area contributed by atoms with Crippen molar-refractivity contribution < 1.29 is 75.1 Å². The molecule has 0 spiro atoms. The Balaban J connectivity index is 0.000000336. The maximum Gasteiger partial charge on any atom is 0.446 e. The predicted octanol–water partition coefficient (Wildman–Crippen LogP) is 8.78. The van der Waals surface area contributed by atoms with E-state index in [9.17, 15) is 56.1 Å². The minimum Gasteiger partial charge on any atom is -0.493 e. The second-order valence-electron chi connectivity index (χ2n) is 22.1. The molecule has 0 aliphatic carbocycles. The van der Waals surface area contributed by atoms with Gasteiger partial charge in [-0.1, -0.05) is 113 Å². The van der Waals surface area contributed by atoms with E-state index >= 15 is 0 Å². The highest BCUT2D eigenvalue weighted by molar-refractivity contribution is 5.88. The van der Waals surface area contributed by atoms with Gasteiger partial charge in [0.2, 0.25) is 29.9 Å². The average Bonchev–Trinajstić information content (AvgIpc) is 1.60. The number of carbonyl (C=O) groups excluding carboxylic acids is 6. The summed E-state index contributed by atoms with van der Waals surface area (Å²) >= 11 is 0. The van der Waals surface area contributed by atoms with Crippen LogP contribution in [0.4, 0.5) is 26.7 Å². The summed E-state index contributed by atoms with van der Waals surface area (Å²) in [7, 11) is 0. The van der Waals surface area contributed by atoms with Crippen LogP contribution in [0.15, 0.2) is 97.1 Å². The van der Waals surface area contributed by atoms with Gasteiger partial charge in [-0.25, -0.2) is 13.6 Å². The number of ether oxygens (including phenoxy) is 3. The summed E-state index contributed by atoms with van der Waals surface area (Å²) in [5.41, 5.74) is 2.11. The SMILES string of the molecule is CCCCCCOc1cc(F)cc(C[C@H](NC(C)=O)[C@H](O)[C@@H]2NCCN(Cc3ccccc3)C2=O)c1.CCCCCCOc1cc(F)cc(C[C@H](NC(C)=O)[C@H](O)[C@H]2C(=O)N(Cc3ccccc3)CCN2C(=O)OC(C)(C)C)c1.O=CC(F)(F)F. The first-order valence-corrected chi connectivity index (χ1v) is 29.0. The number of nitrogens with one attached hydrogen (secondary N) is 3. The molecule has 468 valence electrons. The zero-order chi connectivity index (χ0) is 62.7. The number of unbranched alkanes of at least 4 members (excludes halogenated alkanes) is 6. The van der Waals surface area contributed by atoms with Gasteiger partial charge in [0, 0.05) is 65.2 Å². The minimum atomic E-state index is -4.64. The summed E-state index contributed by atoms with van der Waals surface area (Å²) in [4.78, 5) is 77.8. The van der Waals surface area contributed by atoms with Gasteiger partial charge < -0.3 is 50.2 Å². The van der Waals surface area contributed by atoms with E-state index in [0.717, 1.165) is 62.5 Å². The summed E-state index contributed by atoms with van der Waals surface area (Å²) in [6, 6.07) is 23.7. The molecule has 4 aromatic carbocycles. The van der Waals surface area contributed by atoms with E-state index in [1.807, 2.05) is 60.7 Å². The van der Waals surface area contributed by atoms with Gasteiger partial charge in [-0.2, -0.15) is 13.2 Å². The van der Waals surface area contributed by atoms with Gasteiger partial charge in [0.15, 0.2) is 0 Å². The number of hydrogen-bond acceptors (Lipinski definition) is 12. The third-order valence-corrected chi connectivity index (χ3v) is 13.6. The molecule has 0 bridgehead atoms. The fourth-order valence-corrected chi connectivity index (χ4v) is 9.67. The number of piperazine rings is 2. The molecule has 22 heteroatoms. The number of aliphatic hydroxyl groups excluding tert-OH is 2. The Kier molecular flexibility index (Phi) is 29.2. The molecule has 4 aromatic rings. The monoisotopic (exact) mass is 1200 g/mol. The highest BCUT2D eigenvalue weighted by Gasteiger charge is 2.46. The Morgan fingerprint density at radius 3 is 1.52 bits per heavy atom. The standard InChI is InChI=1S/C33H46FN3O6.C28H38FN3O4.C2HF3O/c1-6-7-8-12-17-42-27-19-25(18-26(34)21-27)20-28(35-23(2)38)30(39)29-31(40)36(22-24-13-10-9-11-14-24)15-16-37(29)32(41)43-33(3,4)5;1-3-4-5-9-14-36-24-16-22(15-23(29)18-24)17-25(31-20(2)33)27(34)26-28(35)32(13-12-30-26)19-21-10-7-6-8-11-21;3-2(4,5)1-6/h9-11,13-14,18-19,21,28-30,39H,6-8,12,15-17,20,22H2,1-5H3,(H,35,38);6-8,10-11,15-16,18,25-27,30,34H,3-5,9,12-14,17,19H2,1-2H3,(H,31,33);1H/t28-,29-,30-;25-,26-,27-;/m00./s1.